The van der Waals surface area contributed by atoms with Crippen molar-refractivity contribution in [3.8, 4) is 0 Å². The smallest absolute Gasteiger partial charge is 0.338 e. The van der Waals surface area contributed by atoms with Gasteiger partial charge in [-0.2, -0.15) is 0 Å². The lowest BCUT2D eigenvalue weighted by molar-refractivity contribution is 0.0526. The number of rotatable bonds is 4. The molecule has 4 nitrogen and oxygen atoms in total. The zero-order valence-electron chi connectivity index (χ0n) is 11.9. The van der Waals surface area contributed by atoms with Crippen molar-refractivity contribution in [3.63, 3.8) is 0 Å². The fourth-order valence-electron chi connectivity index (χ4n) is 1.88. The zero-order valence-corrected chi connectivity index (χ0v) is 13.5. The van der Waals surface area contributed by atoms with Crippen LogP contribution in [0.5, 0.6) is 0 Å². The molecule has 0 radical (unpaired) electrons. The summed E-state index contributed by atoms with van der Waals surface area (Å²) in [6, 6.07) is 11.1. The van der Waals surface area contributed by atoms with Gasteiger partial charge in [0.2, 0.25) is 0 Å². The summed E-state index contributed by atoms with van der Waals surface area (Å²) in [6.45, 7) is 4.14. The summed E-state index contributed by atoms with van der Waals surface area (Å²) in [7, 11) is 0. The fourth-order valence-corrected chi connectivity index (χ4v) is 2.48. The molecule has 0 aromatic heterocycles. The number of nitrogens with two attached hydrogens (primary N) is 1. The summed E-state index contributed by atoms with van der Waals surface area (Å²) >= 11 is 3.51. The maximum absolute atomic E-state index is 11.7. The minimum Gasteiger partial charge on any atom is -0.462 e. The number of ether oxygens (including phenoxy) is 1. The van der Waals surface area contributed by atoms with Crippen LogP contribution < -0.4 is 11.1 Å². The molecule has 0 heterocycles. The molecule has 0 unspecified atom stereocenters. The van der Waals surface area contributed by atoms with E-state index in [0.717, 1.165) is 21.4 Å². The van der Waals surface area contributed by atoms with Crippen LogP contribution in [-0.2, 0) is 4.74 Å². The highest BCUT2D eigenvalue weighted by molar-refractivity contribution is 9.10. The van der Waals surface area contributed by atoms with E-state index in [9.17, 15) is 4.79 Å². The normalized spacial score (nSPS) is 10.2. The number of hydrogen-bond donors (Lipinski definition) is 2. The van der Waals surface area contributed by atoms with Crippen molar-refractivity contribution in [2.24, 2.45) is 0 Å². The van der Waals surface area contributed by atoms with E-state index in [2.05, 4.69) is 21.2 Å². The molecule has 0 aliphatic carbocycles. The minimum absolute atomic E-state index is 0.342. The van der Waals surface area contributed by atoms with E-state index in [1.807, 2.05) is 25.1 Å². The third kappa shape index (κ3) is 3.76. The second-order valence-corrected chi connectivity index (χ2v) is 5.49. The number of nitrogen functional groups attached to an aromatic ring is 1. The maximum Gasteiger partial charge on any atom is 0.338 e. The van der Waals surface area contributed by atoms with Gasteiger partial charge < -0.3 is 15.8 Å². The molecule has 0 saturated heterocycles. The number of nitrogens with one attached hydrogen (secondary N) is 1. The predicted octanol–water partition coefficient (Wildman–Crippen LogP) is 4.26. The summed E-state index contributed by atoms with van der Waals surface area (Å²) in [4.78, 5) is 11.7. The highest BCUT2D eigenvalue weighted by atomic mass is 79.9. The van der Waals surface area contributed by atoms with Crippen LogP contribution in [0.15, 0.2) is 40.9 Å². The number of carbonyl (C=O) groups is 1. The van der Waals surface area contributed by atoms with E-state index in [1.54, 1.807) is 25.1 Å². The number of anilines is 3. The van der Waals surface area contributed by atoms with Crippen molar-refractivity contribution in [3.05, 3.63) is 52.0 Å². The molecular weight excluding hydrogens is 332 g/mol. The Kier molecular flexibility index (Phi) is 4.85. The summed E-state index contributed by atoms with van der Waals surface area (Å²) in [5, 5.41) is 3.24. The summed E-state index contributed by atoms with van der Waals surface area (Å²) in [5.41, 5.74) is 9.76. The Balaban J connectivity index is 2.23. The van der Waals surface area contributed by atoms with Crippen LogP contribution >= 0.6 is 15.9 Å². The number of carbonyl (C=O) groups excluding carboxylic acids is 1. The van der Waals surface area contributed by atoms with Gasteiger partial charge in [0, 0.05) is 4.47 Å². The molecule has 0 aliphatic rings. The molecule has 0 amide bonds. The Morgan fingerprint density at radius 2 is 1.95 bits per heavy atom. The standard InChI is InChI=1S/C16H17BrN2O2/c1-3-21-16(20)11-5-7-15(13(18)9-11)19-14-6-4-10(2)8-12(14)17/h4-9,19H,3,18H2,1-2H3. The van der Waals surface area contributed by atoms with Crippen LogP contribution in [0.25, 0.3) is 0 Å². The van der Waals surface area contributed by atoms with Crippen molar-refractivity contribution < 1.29 is 9.53 Å². The lowest BCUT2D eigenvalue weighted by Crippen LogP contribution is -2.06. The van der Waals surface area contributed by atoms with E-state index in [1.165, 1.54) is 0 Å². The van der Waals surface area contributed by atoms with Gasteiger partial charge in [0.1, 0.15) is 0 Å². The highest BCUT2D eigenvalue weighted by Crippen LogP contribution is 2.30. The maximum atomic E-state index is 11.7. The number of benzene rings is 2. The van der Waals surface area contributed by atoms with Gasteiger partial charge in [-0.1, -0.05) is 6.07 Å². The number of hydrogen-bond acceptors (Lipinski definition) is 4. The molecule has 2 aromatic carbocycles. The van der Waals surface area contributed by atoms with Crippen molar-refractivity contribution in [2.75, 3.05) is 17.7 Å². The van der Waals surface area contributed by atoms with Gasteiger partial charge >= 0.3 is 5.97 Å². The van der Waals surface area contributed by atoms with Gasteiger partial charge in [0.05, 0.1) is 29.2 Å². The topological polar surface area (TPSA) is 64.3 Å². The van der Waals surface area contributed by atoms with Gasteiger partial charge in [-0.15, -0.1) is 0 Å². The van der Waals surface area contributed by atoms with E-state index < -0.39 is 0 Å². The molecule has 0 aliphatic heterocycles. The Morgan fingerprint density at radius 1 is 1.24 bits per heavy atom. The molecule has 3 N–H and O–H groups in total. The van der Waals surface area contributed by atoms with Crippen LogP contribution in [0, 0.1) is 6.92 Å². The summed E-state index contributed by atoms with van der Waals surface area (Å²) in [6.07, 6.45) is 0. The molecule has 5 heteroatoms. The third-order valence-corrected chi connectivity index (χ3v) is 3.61. The predicted molar refractivity (Wildman–Crippen MR) is 89.0 cm³/mol. The molecule has 0 spiro atoms. The molecule has 0 bridgehead atoms. The highest BCUT2D eigenvalue weighted by Gasteiger charge is 2.10. The first-order chi connectivity index (χ1) is 10.0. The van der Waals surface area contributed by atoms with Crippen LogP contribution in [0.4, 0.5) is 17.1 Å². The Hall–Kier alpha value is -2.01. The molecule has 0 saturated carbocycles. The van der Waals surface area contributed by atoms with Crippen LogP contribution in [-0.4, -0.2) is 12.6 Å². The van der Waals surface area contributed by atoms with Crippen LogP contribution in [0.3, 0.4) is 0 Å². The Bertz CT molecular complexity index is 671. The van der Waals surface area contributed by atoms with E-state index in [-0.39, 0.29) is 5.97 Å². The van der Waals surface area contributed by atoms with E-state index in [4.69, 9.17) is 10.5 Å². The molecule has 2 aromatic rings. The molecule has 0 fully saturated rings. The third-order valence-electron chi connectivity index (χ3n) is 2.96. The van der Waals surface area contributed by atoms with Gasteiger partial charge in [-0.25, -0.2) is 4.79 Å². The average molecular weight is 349 g/mol. The van der Waals surface area contributed by atoms with Gasteiger partial charge in [-0.3, -0.25) is 0 Å². The molecule has 0 atom stereocenters. The zero-order chi connectivity index (χ0) is 15.4. The van der Waals surface area contributed by atoms with Crippen molar-refractivity contribution in [1.29, 1.82) is 0 Å². The number of esters is 1. The second-order valence-electron chi connectivity index (χ2n) is 4.63. The lowest BCUT2D eigenvalue weighted by Gasteiger charge is -2.12. The summed E-state index contributed by atoms with van der Waals surface area (Å²) in [5.74, 6) is -0.368. The van der Waals surface area contributed by atoms with Crippen LogP contribution in [0.2, 0.25) is 0 Å². The second kappa shape index (κ2) is 6.63. The Labute approximate surface area is 132 Å². The quantitative estimate of drug-likeness (QED) is 0.639. The first-order valence-corrected chi connectivity index (χ1v) is 7.40. The molecule has 21 heavy (non-hydrogen) atoms. The van der Waals surface area contributed by atoms with Crippen molar-refractivity contribution in [1.82, 2.24) is 0 Å². The molecule has 110 valence electrons. The van der Waals surface area contributed by atoms with Gasteiger partial charge in [0.25, 0.3) is 0 Å². The Morgan fingerprint density at radius 3 is 2.57 bits per heavy atom. The van der Waals surface area contributed by atoms with Gasteiger partial charge in [0.15, 0.2) is 0 Å². The van der Waals surface area contributed by atoms with Crippen LogP contribution in [0.1, 0.15) is 22.8 Å². The SMILES string of the molecule is CCOC(=O)c1ccc(Nc2ccc(C)cc2Br)c(N)c1. The summed E-state index contributed by atoms with van der Waals surface area (Å²) < 4.78 is 5.91. The fraction of sp³-hybridized carbons (Fsp3) is 0.188. The monoisotopic (exact) mass is 348 g/mol. The first kappa shape index (κ1) is 15.4. The first-order valence-electron chi connectivity index (χ1n) is 6.61. The van der Waals surface area contributed by atoms with E-state index in [0.29, 0.717) is 17.9 Å². The van der Waals surface area contributed by atoms with E-state index >= 15 is 0 Å². The number of halogens is 1. The number of aryl methyl sites for hydroxylation is 1. The minimum atomic E-state index is -0.368. The average Bonchev–Trinajstić information content (AvgIpc) is 2.44. The lowest BCUT2D eigenvalue weighted by atomic mass is 10.1. The molecular formula is C16H17BrN2O2. The van der Waals surface area contributed by atoms with Crippen molar-refractivity contribution >= 4 is 39.0 Å². The van der Waals surface area contributed by atoms with Gasteiger partial charge in [-0.05, 0) is 65.7 Å². The molecule has 2 rings (SSSR count). The van der Waals surface area contributed by atoms with Crippen molar-refractivity contribution in [2.45, 2.75) is 13.8 Å². The largest absolute Gasteiger partial charge is 0.462 e.